The standard InChI is InChI=1S/C15H20N4O2S/c1-10(2)12-4-8-14(9-5-12)22(20,21)11(3)15-16-17-18-19(15)13-6-7-13/h4-5,8-11,13H,6-7H2,1-3H3/t11-/m0/s1. The van der Waals surface area contributed by atoms with Gasteiger partial charge >= 0.3 is 0 Å². The summed E-state index contributed by atoms with van der Waals surface area (Å²) in [6, 6.07) is 7.34. The fourth-order valence-electron chi connectivity index (χ4n) is 2.43. The van der Waals surface area contributed by atoms with E-state index >= 15 is 0 Å². The number of hydrogen-bond donors (Lipinski definition) is 0. The molecule has 0 aliphatic heterocycles. The lowest BCUT2D eigenvalue weighted by atomic mass is 10.0. The Labute approximate surface area is 130 Å². The molecule has 1 fully saturated rings. The predicted octanol–water partition coefficient (Wildman–Crippen LogP) is 2.67. The van der Waals surface area contributed by atoms with Crippen LogP contribution in [-0.4, -0.2) is 28.6 Å². The van der Waals surface area contributed by atoms with Crippen LogP contribution in [0.15, 0.2) is 29.2 Å². The number of rotatable bonds is 5. The van der Waals surface area contributed by atoms with E-state index in [2.05, 4.69) is 29.4 Å². The summed E-state index contributed by atoms with van der Waals surface area (Å²) >= 11 is 0. The van der Waals surface area contributed by atoms with Crippen LogP contribution in [0.5, 0.6) is 0 Å². The molecule has 1 aromatic heterocycles. The van der Waals surface area contributed by atoms with Crippen LogP contribution in [0.1, 0.15) is 62.2 Å². The molecule has 1 aromatic carbocycles. The highest BCUT2D eigenvalue weighted by Gasteiger charge is 2.34. The van der Waals surface area contributed by atoms with Crippen LogP contribution in [-0.2, 0) is 9.84 Å². The highest BCUT2D eigenvalue weighted by molar-refractivity contribution is 7.91. The van der Waals surface area contributed by atoms with E-state index in [1.807, 2.05) is 12.1 Å². The average molecular weight is 320 g/mol. The second-order valence-corrected chi connectivity index (χ2v) is 8.39. The lowest BCUT2D eigenvalue weighted by molar-refractivity contribution is 0.556. The van der Waals surface area contributed by atoms with Crippen LogP contribution in [0.2, 0.25) is 0 Å². The van der Waals surface area contributed by atoms with Gasteiger partial charge in [0, 0.05) is 0 Å². The zero-order chi connectivity index (χ0) is 15.9. The highest BCUT2D eigenvalue weighted by atomic mass is 32.2. The van der Waals surface area contributed by atoms with Crippen molar-refractivity contribution in [1.29, 1.82) is 0 Å². The van der Waals surface area contributed by atoms with E-state index in [9.17, 15) is 8.42 Å². The third-order valence-corrected chi connectivity index (χ3v) is 6.19. The Bertz CT molecular complexity index is 761. The van der Waals surface area contributed by atoms with Gasteiger partial charge in [-0.3, -0.25) is 0 Å². The number of tetrazole rings is 1. The molecule has 0 spiro atoms. The Morgan fingerprint density at radius 1 is 1.14 bits per heavy atom. The molecule has 2 aromatic rings. The third-order valence-electron chi connectivity index (χ3n) is 4.12. The van der Waals surface area contributed by atoms with E-state index in [4.69, 9.17) is 0 Å². The van der Waals surface area contributed by atoms with Crippen LogP contribution in [0.4, 0.5) is 0 Å². The van der Waals surface area contributed by atoms with Gasteiger partial charge in [-0.1, -0.05) is 26.0 Å². The largest absolute Gasteiger partial charge is 0.225 e. The van der Waals surface area contributed by atoms with Crippen LogP contribution < -0.4 is 0 Å². The van der Waals surface area contributed by atoms with Gasteiger partial charge in [-0.2, -0.15) is 0 Å². The van der Waals surface area contributed by atoms with Gasteiger partial charge < -0.3 is 0 Å². The van der Waals surface area contributed by atoms with Gasteiger partial charge in [0.05, 0.1) is 10.9 Å². The molecule has 0 N–H and O–H groups in total. The van der Waals surface area contributed by atoms with Gasteiger partial charge in [0.2, 0.25) is 0 Å². The van der Waals surface area contributed by atoms with Crippen LogP contribution >= 0.6 is 0 Å². The number of sulfone groups is 1. The molecule has 0 radical (unpaired) electrons. The third kappa shape index (κ3) is 2.65. The normalized spacial score (nSPS) is 16.9. The molecule has 0 bridgehead atoms. The van der Waals surface area contributed by atoms with Crippen molar-refractivity contribution in [2.75, 3.05) is 0 Å². The molecule has 0 saturated heterocycles. The Kier molecular flexibility index (Phi) is 3.76. The van der Waals surface area contributed by atoms with Gasteiger partial charge in [-0.25, -0.2) is 13.1 Å². The molecule has 22 heavy (non-hydrogen) atoms. The fourth-order valence-corrected chi connectivity index (χ4v) is 3.79. The van der Waals surface area contributed by atoms with Gasteiger partial charge in [0.25, 0.3) is 0 Å². The number of aromatic nitrogens is 4. The Morgan fingerprint density at radius 2 is 1.77 bits per heavy atom. The van der Waals surface area contributed by atoms with E-state index < -0.39 is 15.1 Å². The molecular weight excluding hydrogens is 300 g/mol. The van der Waals surface area contributed by atoms with Crippen LogP contribution in [0.3, 0.4) is 0 Å². The van der Waals surface area contributed by atoms with Crippen LogP contribution in [0, 0.1) is 0 Å². The van der Waals surface area contributed by atoms with Crippen molar-refractivity contribution in [2.45, 2.75) is 55.7 Å². The summed E-state index contributed by atoms with van der Waals surface area (Å²) in [6.07, 6.45) is 2.02. The summed E-state index contributed by atoms with van der Waals surface area (Å²) in [6.45, 7) is 5.81. The van der Waals surface area contributed by atoms with Crippen LogP contribution in [0.25, 0.3) is 0 Å². The van der Waals surface area contributed by atoms with Gasteiger partial charge in [-0.15, -0.1) is 5.10 Å². The molecule has 7 heteroatoms. The topological polar surface area (TPSA) is 77.7 Å². The van der Waals surface area contributed by atoms with Gasteiger partial charge in [0.15, 0.2) is 15.7 Å². The smallest absolute Gasteiger partial charge is 0.188 e. The molecule has 1 aliphatic rings. The van der Waals surface area contributed by atoms with E-state index in [0.717, 1.165) is 18.4 Å². The summed E-state index contributed by atoms with van der Waals surface area (Å²) in [5.74, 6) is 0.798. The lowest BCUT2D eigenvalue weighted by Crippen LogP contribution is -2.16. The molecule has 1 atom stereocenters. The Balaban J connectivity index is 1.92. The van der Waals surface area contributed by atoms with Crippen molar-refractivity contribution in [3.63, 3.8) is 0 Å². The zero-order valence-electron chi connectivity index (χ0n) is 13.0. The molecular formula is C15H20N4O2S. The van der Waals surface area contributed by atoms with E-state index in [-0.39, 0.29) is 6.04 Å². The first-order chi connectivity index (χ1) is 10.4. The fraction of sp³-hybridized carbons (Fsp3) is 0.533. The summed E-state index contributed by atoms with van der Waals surface area (Å²) in [7, 11) is -3.50. The monoisotopic (exact) mass is 320 g/mol. The van der Waals surface area contributed by atoms with Crippen molar-refractivity contribution in [1.82, 2.24) is 20.2 Å². The number of nitrogens with zero attached hydrogens (tertiary/aromatic N) is 4. The number of benzene rings is 1. The Morgan fingerprint density at radius 3 is 2.32 bits per heavy atom. The Hall–Kier alpha value is -1.76. The minimum Gasteiger partial charge on any atom is -0.225 e. The molecule has 0 unspecified atom stereocenters. The van der Waals surface area contributed by atoms with Crippen molar-refractivity contribution in [2.24, 2.45) is 0 Å². The quantitative estimate of drug-likeness (QED) is 0.846. The minimum absolute atomic E-state index is 0.256. The number of hydrogen-bond acceptors (Lipinski definition) is 5. The van der Waals surface area contributed by atoms with Crippen molar-refractivity contribution >= 4 is 9.84 Å². The predicted molar refractivity (Wildman–Crippen MR) is 82.2 cm³/mol. The van der Waals surface area contributed by atoms with Gasteiger partial charge in [0.1, 0.15) is 5.25 Å². The lowest BCUT2D eigenvalue weighted by Gasteiger charge is -2.13. The minimum atomic E-state index is -3.50. The maximum atomic E-state index is 12.8. The molecule has 1 aliphatic carbocycles. The summed E-state index contributed by atoms with van der Waals surface area (Å²) < 4.78 is 27.3. The second kappa shape index (κ2) is 5.46. The zero-order valence-corrected chi connectivity index (χ0v) is 13.8. The first-order valence-corrected chi connectivity index (χ1v) is 9.07. The SMILES string of the molecule is CC(C)c1ccc(S(=O)(=O)[C@@H](C)c2nnnn2C2CC2)cc1. The molecule has 6 nitrogen and oxygen atoms in total. The van der Waals surface area contributed by atoms with E-state index in [0.29, 0.717) is 16.6 Å². The summed E-state index contributed by atoms with van der Waals surface area (Å²) in [4.78, 5) is 0.315. The highest BCUT2D eigenvalue weighted by Crippen LogP contribution is 2.37. The molecule has 1 heterocycles. The first-order valence-electron chi connectivity index (χ1n) is 7.53. The molecule has 118 valence electrons. The first kappa shape index (κ1) is 15.1. The van der Waals surface area contributed by atoms with Gasteiger partial charge in [-0.05, 0) is 53.8 Å². The molecule has 1 saturated carbocycles. The van der Waals surface area contributed by atoms with Crippen molar-refractivity contribution < 1.29 is 8.42 Å². The summed E-state index contributed by atoms with van der Waals surface area (Å²) in [5.41, 5.74) is 1.12. The van der Waals surface area contributed by atoms with Crippen molar-refractivity contribution in [3.05, 3.63) is 35.7 Å². The average Bonchev–Trinajstić information content (AvgIpc) is 3.23. The second-order valence-electron chi connectivity index (χ2n) is 6.12. The maximum absolute atomic E-state index is 12.8. The molecule has 3 rings (SSSR count). The maximum Gasteiger partial charge on any atom is 0.188 e. The molecule has 0 amide bonds. The van der Waals surface area contributed by atoms with E-state index in [1.54, 1.807) is 23.7 Å². The summed E-state index contributed by atoms with van der Waals surface area (Å²) in [5, 5.41) is 10.8. The van der Waals surface area contributed by atoms with Crippen molar-refractivity contribution in [3.8, 4) is 0 Å². The van der Waals surface area contributed by atoms with E-state index in [1.165, 1.54) is 0 Å².